The van der Waals surface area contributed by atoms with Crippen LogP contribution in [0.3, 0.4) is 0 Å². The van der Waals surface area contributed by atoms with Crippen LogP contribution < -0.4 is 0 Å². The molecular weight excluding hydrogens is 579 g/mol. The lowest BCUT2D eigenvalue weighted by Crippen LogP contribution is -1.96. The maximum absolute atomic E-state index is 2.41. The van der Waals surface area contributed by atoms with Crippen LogP contribution in [0, 0.1) is 6.92 Å². The number of allylic oxidation sites excluding steroid dienone is 6. The molecule has 0 bridgehead atoms. The molecular formula is C47H39N. The molecule has 232 valence electrons. The Morgan fingerprint density at radius 2 is 1.19 bits per heavy atom. The van der Waals surface area contributed by atoms with Gasteiger partial charge in [-0.05, 0) is 112 Å². The fourth-order valence-electron chi connectivity index (χ4n) is 7.58. The van der Waals surface area contributed by atoms with Crippen molar-refractivity contribution in [1.29, 1.82) is 0 Å². The monoisotopic (exact) mass is 617 g/mol. The van der Waals surface area contributed by atoms with Gasteiger partial charge >= 0.3 is 0 Å². The van der Waals surface area contributed by atoms with Crippen LogP contribution in [0.15, 0.2) is 152 Å². The smallest absolute Gasteiger partial charge is 0.0543 e. The first-order valence-electron chi connectivity index (χ1n) is 17.1. The molecule has 0 fully saturated rings. The minimum Gasteiger partial charge on any atom is -0.313 e. The zero-order valence-electron chi connectivity index (χ0n) is 27.7. The lowest BCUT2D eigenvalue weighted by molar-refractivity contribution is 1.05. The van der Waals surface area contributed by atoms with Crippen LogP contribution in [0.5, 0.6) is 0 Å². The summed E-state index contributed by atoms with van der Waals surface area (Å²) in [6.45, 7) is 4.33. The van der Waals surface area contributed by atoms with Gasteiger partial charge in [0.1, 0.15) is 0 Å². The molecule has 1 heterocycles. The quantitative estimate of drug-likeness (QED) is 0.173. The number of hydrogen-bond donors (Lipinski definition) is 0. The van der Waals surface area contributed by atoms with Gasteiger partial charge in [0.25, 0.3) is 0 Å². The molecule has 6 aromatic carbocycles. The van der Waals surface area contributed by atoms with E-state index in [4.69, 9.17) is 0 Å². The third-order valence-electron chi connectivity index (χ3n) is 9.77. The SMILES string of the molecule is C/C=C\c1c(C)n(-c2ccccc2)c2cc(-c3c4ccccc4c(-c4ccc5c(c4)/C=C\CCC=C/C=C\C5)c4ccccc34)ccc12. The molecule has 0 spiro atoms. The Bertz CT molecular complexity index is 2370. The van der Waals surface area contributed by atoms with Gasteiger partial charge in [0.15, 0.2) is 0 Å². The normalized spacial score (nSPS) is 14.8. The Kier molecular flexibility index (Phi) is 7.96. The van der Waals surface area contributed by atoms with Crippen molar-refractivity contribution in [3.8, 4) is 27.9 Å². The van der Waals surface area contributed by atoms with Crippen LogP contribution >= 0.6 is 0 Å². The van der Waals surface area contributed by atoms with E-state index in [0.29, 0.717) is 0 Å². The van der Waals surface area contributed by atoms with E-state index in [2.05, 4.69) is 182 Å². The number of fused-ring (bicyclic) bond motifs is 4. The van der Waals surface area contributed by atoms with Crippen LogP contribution in [0.1, 0.15) is 42.1 Å². The highest BCUT2D eigenvalue weighted by Gasteiger charge is 2.19. The maximum Gasteiger partial charge on any atom is 0.0543 e. The van der Waals surface area contributed by atoms with E-state index < -0.39 is 0 Å². The Morgan fingerprint density at radius 3 is 1.88 bits per heavy atom. The minimum absolute atomic E-state index is 0.924. The molecule has 1 nitrogen and oxygen atoms in total. The van der Waals surface area contributed by atoms with Crippen molar-refractivity contribution in [3.63, 3.8) is 0 Å². The van der Waals surface area contributed by atoms with Crippen molar-refractivity contribution in [2.24, 2.45) is 0 Å². The number of para-hydroxylation sites is 1. The van der Waals surface area contributed by atoms with Crippen molar-refractivity contribution in [2.75, 3.05) is 0 Å². The molecule has 0 saturated heterocycles. The third kappa shape index (κ3) is 5.22. The van der Waals surface area contributed by atoms with Crippen LogP contribution in [-0.2, 0) is 6.42 Å². The molecule has 8 rings (SSSR count). The average Bonchev–Trinajstić information content (AvgIpc) is 3.37. The summed E-state index contributed by atoms with van der Waals surface area (Å²) in [6.07, 6.45) is 20.9. The number of aromatic nitrogens is 1. The van der Waals surface area contributed by atoms with Gasteiger partial charge in [-0.1, -0.05) is 140 Å². The van der Waals surface area contributed by atoms with E-state index in [-0.39, 0.29) is 0 Å². The second-order valence-corrected chi connectivity index (χ2v) is 12.7. The topological polar surface area (TPSA) is 4.93 Å². The van der Waals surface area contributed by atoms with Crippen molar-refractivity contribution in [2.45, 2.75) is 33.1 Å². The average molecular weight is 618 g/mol. The number of hydrogen-bond acceptors (Lipinski definition) is 0. The highest BCUT2D eigenvalue weighted by molar-refractivity contribution is 6.21. The summed E-state index contributed by atoms with van der Waals surface area (Å²) < 4.78 is 2.41. The number of rotatable bonds is 4. The van der Waals surface area contributed by atoms with E-state index in [1.807, 2.05) is 0 Å². The van der Waals surface area contributed by atoms with Gasteiger partial charge < -0.3 is 4.57 Å². The van der Waals surface area contributed by atoms with Crippen molar-refractivity contribution in [3.05, 3.63) is 174 Å². The number of benzene rings is 6. The Hall–Kier alpha value is -5.66. The molecule has 0 N–H and O–H groups in total. The summed E-state index contributed by atoms with van der Waals surface area (Å²) in [5.41, 5.74) is 12.7. The van der Waals surface area contributed by atoms with E-state index >= 15 is 0 Å². The predicted molar refractivity (Wildman–Crippen MR) is 209 cm³/mol. The maximum atomic E-state index is 2.41. The minimum atomic E-state index is 0.924. The van der Waals surface area contributed by atoms with E-state index in [1.54, 1.807) is 0 Å². The lowest BCUT2D eigenvalue weighted by Gasteiger charge is -2.19. The molecule has 1 aromatic heterocycles. The molecule has 7 aromatic rings. The summed E-state index contributed by atoms with van der Waals surface area (Å²) in [5, 5.41) is 6.37. The van der Waals surface area contributed by atoms with Gasteiger partial charge in [-0.3, -0.25) is 0 Å². The Morgan fingerprint density at radius 1 is 0.583 bits per heavy atom. The van der Waals surface area contributed by atoms with Crippen LogP contribution in [-0.4, -0.2) is 4.57 Å². The third-order valence-corrected chi connectivity index (χ3v) is 9.77. The standard InChI is InChI=1S/C47H39N/c1-3-18-39-33(2)48(38-21-12-9-13-22-38)45-32-37(29-30-40(39)45)47-43-25-16-14-23-41(43)46(42-24-15-17-26-44(42)47)36-28-27-34-19-10-7-5-4-6-8-11-20-35(34)31-36/h3-5,7,9-18,20-32H,6,8,19H2,1-2H3/b5-4?,10-7-,18-3-,20-11-. The first kappa shape index (κ1) is 29.7. The van der Waals surface area contributed by atoms with Crippen LogP contribution in [0.25, 0.3) is 72.5 Å². The van der Waals surface area contributed by atoms with Gasteiger partial charge in [-0.15, -0.1) is 0 Å². The van der Waals surface area contributed by atoms with Gasteiger partial charge in [0.2, 0.25) is 0 Å². The molecule has 0 saturated carbocycles. The molecule has 1 aliphatic carbocycles. The summed E-state index contributed by atoms with van der Waals surface area (Å²) >= 11 is 0. The Labute approximate surface area is 283 Å². The molecule has 0 amide bonds. The summed E-state index contributed by atoms with van der Waals surface area (Å²) in [4.78, 5) is 0. The summed E-state index contributed by atoms with van der Waals surface area (Å²) in [7, 11) is 0. The van der Waals surface area contributed by atoms with Gasteiger partial charge in [-0.2, -0.15) is 0 Å². The van der Waals surface area contributed by atoms with Gasteiger partial charge in [-0.25, -0.2) is 0 Å². The second kappa shape index (κ2) is 12.9. The molecule has 0 unspecified atom stereocenters. The largest absolute Gasteiger partial charge is 0.313 e. The highest BCUT2D eigenvalue weighted by Crippen LogP contribution is 2.45. The van der Waals surface area contributed by atoms with Gasteiger partial charge in [0, 0.05) is 22.3 Å². The Balaban J connectivity index is 1.38. The van der Waals surface area contributed by atoms with E-state index in [9.17, 15) is 0 Å². The first-order chi connectivity index (χ1) is 23.7. The zero-order valence-corrected chi connectivity index (χ0v) is 27.7. The molecule has 1 aliphatic rings. The lowest BCUT2D eigenvalue weighted by atomic mass is 9.85. The highest BCUT2D eigenvalue weighted by atomic mass is 15.0. The molecule has 0 radical (unpaired) electrons. The van der Waals surface area contributed by atoms with Crippen LogP contribution in [0.2, 0.25) is 0 Å². The van der Waals surface area contributed by atoms with E-state index in [1.165, 1.54) is 82.8 Å². The van der Waals surface area contributed by atoms with Crippen molar-refractivity contribution in [1.82, 2.24) is 4.57 Å². The fraction of sp³-hybridized carbons (Fsp3) is 0.106. The van der Waals surface area contributed by atoms with Crippen molar-refractivity contribution >= 4 is 44.6 Å². The van der Waals surface area contributed by atoms with E-state index in [0.717, 1.165) is 19.3 Å². The van der Waals surface area contributed by atoms with Gasteiger partial charge in [0.05, 0.1) is 5.52 Å². The number of nitrogens with zero attached hydrogens (tertiary/aromatic N) is 1. The molecule has 0 atom stereocenters. The second-order valence-electron chi connectivity index (χ2n) is 12.7. The first-order valence-corrected chi connectivity index (χ1v) is 17.1. The molecule has 48 heavy (non-hydrogen) atoms. The summed E-state index contributed by atoms with van der Waals surface area (Å²) in [6, 6.07) is 42.8. The summed E-state index contributed by atoms with van der Waals surface area (Å²) in [5.74, 6) is 0. The fourth-order valence-corrected chi connectivity index (χ4v) is 7.58. The zero-order chi connectivity index (χ0) is 32.5. The predicted octanol–water partition coefficient (Wildman–Crippen LogP) is 13.1. The van der Waals surface area contributed by atoms with Crippen LogP contribution in [0.4, 0.5) is 0 Å². The molecule has 1 heteroatoms. The molecule has 0 aliphatic heterocycles. The van der Waals surface area contributed by atoms with Crippen molar-refractivity contribution < 1.29 is 0 Å².